The summed E-state index contributed by atoms with van der Waals surface area (Å²) in [7, 11) is 1.47. The average molecular weight is 166 g/mol. The molecular weight excluding hydrogens is 152 g/mol. The van der Waals surface area contributed by atoms with Gasteiger partial charge in [-0.15, -0.1) is 0 Å². The Balaban J connectivity index is 1.89. The maximum Gasteiger partial charge on any atom is 0.308 e. The summed E-state index contributed by atoms with van der Waals surface area (Å²) in [6.45, 7) is 2.15. The summed E-state index contributed by atoms with van der Waals surface area (Å²) < 4.78 is 4.68. The number of methoxy groups -OCH3 is 1. The van der Waals surface area contributed by atoms with E-state index in [0.717, 1.165) is 12.8 Å². The lowest BCUT2D eigenvalue weighted by Crippen LogP contribution is -2.44. The van der Waals surface area contributed by atoms with Gasteiger partial charge in [0.2, 0.25) is 0 Å². The van der Waals surface area contributed by atoms with Gasteiger partial charge in [-0.25, -0.2) is 0 Å². The van der Waals surface area contributed by atoms with Crippen molar-refractivity contribution in [2.45, 2.75) is 26.2 Å². The predicted molar refractivity (Wildman–Crippen MR) is 45.5 cm³/mol. The molecule has 0 atom stereocenters. The fraction of sp³-hybridized carbons (Fsp3) is 0.700. The normalized spacial score (nSPS) is 38.2. The molecule has 2 aliphatic carbocycles. The van der Waals surface area contributed by atoms with Crippen molar-refractivity contribution in [1.82, 2.24) is 0 Å². The molecule has 0 aliphatic heterocycles. The molecule has 0 heterocycles. The van der Waals surface area contributed by atoms with Crippen LogP contribution in [0.3, 0.4) is 0 Å². The zero-order chi connectivity index (χ0) is 8.77. The average Bonchev–Trinajstić information content (AvgIpc) is 1.92. The van der Waals surface area contributed by atoms with Gasteiger partial charge in [0.1, 0.15) is 0 Å². The second kappa shape index (κ2) is 2.35. The van der Waals surface area contributed by atoms with Gasteiger partial charge in [0.05, 0.1) is 13.0 Å². The van der Waals surface area contributed by atoms with Crippen molar-refractivity contribution < 1.29 is 9.53 Å². The predicted octanol–water partition coefficient (Wildman–Crippen LogP) is 1.91. The van der Waals surface area contributed by atoms with Crippen LogP contribution in [0.4, 0.5) is 0 Å². The Bertz CT molecular complexity index is 247. The number of allylic oxidation sites excluding steroid dienone is 2. The summed E-state index contributed by atoms with van der Waals surface area (Å²) >= 11 is 0. The van der Waals surface area contributed by atoms with E-state index in [9.17, 15) is 4.79 Å². The minimum absolute atomic E-state index is 0.0291. The molecule has 0 saturated heterocycles. The highest BCUT2D eigenvalue weighted by atomic mass is 16.5. The first kappa shape index (κ1) is 7.84. The van der Waals surface area contributed by atoms with Gasteiger partial charge in [-0.3, -0.25) is 4.79 Å². The van der Waals surface area contributed by atoms with Gasteiger partial charge in [0.25, 0.3) is 0 Å². The molecular formula is C10H14O2. The van der Waals surface area contributed by atoms with Crippen LogP contribution in [0.15, 0.2) is 11.6 Å². The number of carbonyl (C=O) groups excluding carboxylic acids is 1. The number of hydrogen-bond donors (Lipinski definition) is 0. The molecule has 2 nitrogen and oxygen atoms in total. The Morgan fingerprint density at radius 1 is 1.67 bits per heavy atom. The maximum atomic E-state index is 11.1. The molecule has 2 rings (SSSR count). The monoisotopic (exact) mass is 166 g/mol. The van der Waals surface area contributed by atoms with E-state index in [4.69, 9.17) is 0 Å². The molecule has 1 spiro atoms. The Morgan fingerprint density at radius 3 is 2.67 bits per heavy atom. The minimum atomic E-state index is -0.0291. The number of esters is 1. The van der Waals surface area contributed by atoms with Crippen LogP contribution < -0.4 is 0 Å². The summed E-state index contributed by atoms with van der Waals surface area (Å²) in [5, 5.41) is 0. The summed E-state index contributed by atoms with van der Waals surface area (Å²) in [6, 6.07) is 0. The van der Waals surface area contributed by atoms with E-state index in [-0.39, 0.29) is 11.9 Å². The first-order chi connectivity index (χ1) is 5.65. The Hall–Kier alpha value is -0.790. The Morgan fingerprint density at radius 2 is 2.25 bits per heavy atom. The molecule has 1 saturated carbocycles. The summed E-state index contributed by atoms with van der Waals surface area (Å²) in [4.78, 5) is 11.1. The molecule has 0 N–H and O–H groups in total. The van der Waals surface area contributed by atoms with Crippen molar-refractivity contribution in [3.8, 4) is 0 Å². The van der Waals surface area contributed by atoms with E-state index >= 15 is 0 Å². The fourth-order valence-corrected chi connectivity index (χ4v) is 2.57. The topological polar surface area (TPSA) is 26.3 Å². The third-order valence-electron chi connectivity index (χ3n) is 3.02. The Kier molecular flexibility index (Phi) is 1.53. The van der Waals surface area contributed by atoms with Crippen LogP contribution in [-0.2, 0) is 9.53 Å². The van der Waals surface area contributed by atoms with Gasteiger partial charge >= 0.3 is 5.97 Å². The smallest absolute Gasteiger partial charge is 0.308 e. The largest absolute Gasteiger partial charge is 0.469 e. The van der Waals surface area contributed by atoms with Crippen LogP contribution in [-0.4, -0.2) is 13.1 Å². The number of ether oxygens (including phenoxy) is 1. The molecule has 0 aromatic carbocycles. The number of carbonyl (C=O) groups is 1. The number of hydrogen-bond acceptors (Lipinski definition) is 2. The lowest BCUT2D eigenvalue weighted by molar-refractivity contribution is -0.152. The van der Waals surface area contributed by atoms with Gasteiger partial charge in [-0.2, -0.15) is 0 Å². The molecule has 0 aromatic rings. The third-order valence-corrected chi connectivity index (χ3v) is 3.02. The van der Waals surface area contributed by atoms with Crippen LogP contribution in [0.1, 0.15) is 26.2 Å². The highest BCUT2D eigenvalue weighted by Gasteiger charge is 2.49. The molecule has 0 amide bonds. The quantitative estimate of drug-likeness (QED) is 0.439. The van der Waals surface area contributed by atoms with Gasteiger partial charge in [-0.1, -0.05) is 11.6 Å². The summed E-state index contributed by atoms with van der Waals surface area (Å²) in [5.74, 6) is 0.151. The summed E-state index contributed by atoms with van der Waals surface area (Å²) in [6.07, 6.45) is 5.53. The standard InChI is InChI=1S/C10H14O2/c1-7-3-10(4-7)5-8(6-10)9(11)12-2/h3,8H,4-6H2,1-2H3. The maximum absolute atomic E-state index is 11.1. The molecule has 2 aliphatic rings. The van der Waals surface area contributed by atoms with Gasteiger partial charge < -0.3 is 4.74 Å². The van der Waals surface area contributed by atoms with Crippen molar-refractivity contribution in [2.75, 3.05) is 7.11 Å². The van der Waals surface area contributed by atoms with Crippen LogP contribution in [0.25, 0.3) is 0 Å². The molecule has 12 heavy (non-hydrogen) atoms. The first-order valence-corrected chi connectivity index (χ1v) is 4.41. The lowest BCUT2D eigenvalue weighted by Gasteiger charge is -2.50. The molecule has 0 unspecified atom stereocenters. The van der Waals surface area contributed by atoms with Crippen molar-refractivity contribution in [3.63, 3.8) is 0 Å². The molecule has 66 valence electrons. The molecule has 2 heteroatoms. The number of rotatable bonds is 1. The van der Waals surface area contributed by atoms with E-state index in [1.54, 1.807) is 0 Å². The first-order valence-electron chi connectivity index (χ1n) is 4.41. The van der Waals surface area contributed by atoms with E-state index in [1.165, 1.54) is 19.1 Å². The fourth-order valence-electron chi connectivity index (χ4n) is 2.57. The highest BCUT2D eigenvalue weighted by Crippen LogP contribution is 2.56. The van der Waals surface area contributed by atoms with Crippen molar-refractivity contribution >= 4 is 5.97 Å². The third kappa shape index (κ3) is 0.977. The van der Waals surface area contributed by atoms with Crippen molar-refractivity contribution in [2.24, 2.45) is 11.3 Å². The van der Waals surface area contributed by atoms with Crippen LogP contribution in [0.2, 0.25) is 0 Å². The second-order valence-electron chi connectivity index (χ2n) is 4.16. The van der Waals surface area contributed by atoms with Gasteiger partial charge in [-0.05, 0) is 31.6 Å². The molecule has 0 aromatic heterocycles. The van der Waals surface area contributed by atoms with Gasteiger partial charge in [0.15, 0.2) is 0 Å². The van der Waals surface area contributed by atoms with Crippen molar-refractivity contribution in [1.29, 1.82) is 0 Å². The lowest BCUT2D eigenvalue weighted by atomic mass is 9.54. The zero-order valence-electron chi connectivity index (χ0n) is 7.59. The Labute approximate surface area is 72.6 Å². The van der Waals surface area contributed by atoms with Crippen LogP contribution >= 0.6 is 0 Å². The minimum Gasteiger partial charge on any atom is -0.469 e. The van der Waals surface area contributed by atoms with Crippen LogP contribution in [0.5, 0.6) is 0 Å². The van der Waals surface area contributed by atoms with Crippen molar-refractivity contribution in [3.05, 3.63) is 11.6 Å². The van der Waals surface area contributed by atoms with Crippen LogP contribution in [0, 0.1) is 11.3 Å². The zero-order valence-corrected chi connectivity index (χ0v) is 7.59. The molecule has 0 bridgehead atoms. The highest BCUT2D eigenvalue weighted by molar-refractivity contribution is 5.74. The van der Waals surface area contributed by atoms with E-state index < -0.39 is 0 Å². The SMILES string of the molecule is COC(=O)C1CC2(C=C(C)C2)C1. The van der Waals surface area contributed by atoms with E-state index in [1.807, 2.05) is 0 Å². The van der Waals surface area contributed by atoms with E-state index in [0.29, 0.717) is 5.41 Å². The molecule has 1 fully saturated rings. The van der Waals surface area contributed by atoms with Gasteiger partial charge in [0, 0.05) is 0 Å². The molecule has 0 radical (unpaired) electrons. The second-order valence-corrected chi connectivity index (χ2v) is 4.16. The van der Waals surface area contributed by atoms with E-state index in [2.05, 4.69) is 17.7 Å². The summed E-state index contributed by atoms with van der Waals surface area (Å²) in [5.41, 5.74) is 1.88.